The van der Waals surface area contributed by atoms with Gasteiger partial charge in [0.25, 0.3) is 0 Å². The third-order valence-electron chi connectivity index (χ3n) is 1.35. The summed E-state index contributed by atoms with van der Waals surface area (Å²) in [5.74, 6) is 0. The lowest BCUT2D eigenvalue weighted by Crippen LogP contribution is -2.09. The zero-order valence-electron chi connectivity index (χ0n) is 6.51. The van der Waals surface area contributed by atoms with Gasteiger partial charge in [0.05, 0.1) is 0 Å². The van der Waals surface area contributed by atoms with E-state index in [0.717, 1.165) is 12.3 Å². The molecule has 13 heavy (non-hydrogen) atoms. The Balaban J connectivity index is 0.00000144. The number of hydrogen-bond acceptors (Lipinski definition) is 2. The fraction of sp³-hybridized carbons (Fsp3) is 0.286. The maximum Gasteiger partial charge on any atom is 0.433 e. The fourth-order valence-corrected chi connectivity index (χ4v) is 0.756. The molecule has 0 atom stereocenters. The molecule has 0 aliphatic heterocycles. The lowest BCUT2D eigenvalue weighted by molar-refractivity contribution is -0.141. The monoisotopic (exact) mass is 212 g/mol. The molecule has 0 radical (unpaired) electrons. The summed E-state index contributed by atoms with van der Waals surface area (Å²) in [5.41, 5.74) is 4.70. The summed E-state index contributed by atoms with van der Waals surface area (Å²) in [4.78, 5) is 3.18. The highest BCUT2D eigenvalue weighted by Crippen LogP contribution is 2.27. The van der Waals surface area contributed by atoms with Gasteiger partial charge in [-0.05, 0) is 17.7 Å². The Morgan fingerprint density at radius 3 is 2.46 bits per heavy atom. The van der Waals surface area contributed by atoms with E-state index >= 15 is 0 Å². The first-order valence-electron chi connectivity index (χ1n) is 3.26. The van der Waals surface area contributed by atoms with Crippen LogP contribution in [0.15, 0.2) is 18.3 Å². The second-order valence-corrected chi connectivity index (χ2v) is 2.25. The van der Waals surface area contributed by atoms with E-state index in [0.29, 0.717) is 5.56 Å². The minimum absolute atomic E-state index is 0. The zero-order chi connectivity index (χ0) is 9.19. The molecule has 0 saturated carbocycles. The van der Waals surface area contributed by atoms with E-state index in [1.165, 1.54) is 6.07 Å². The smallest absolute Gasteiger partial charge is 0.326 e. The van der Waals surface area contributed by atoms with Crippen molar-refractivity contribution in [2.45, 2.75) is 12.7 Å². The van der Waals surface area contributed by atoms with Crippen LogP contribution in [0.3, 0.4) is 0 Å². The normalized spacial score (nSPS) is 10.8. The average Bonchev–Trinajstić information content (AvgIpc) is 2.03. The topological polar surface area (TPSA) is 38.9 Å². The van der Waals surface area contributed by atoms with Crippen molar-refractivity contribution in [1.29, 1.82) is 0 Å². The molecule has 0 aliphatic rings. The lowest BCUT2D eigenvalue weighted by atomic mass is 10.2. The summed E-state index contributed by atoms with van der Waals surface area (Å²) in [6.07, 6.45) is -3.28. The second-order valence-electron chi connectivity index (χ2n) is 2.25. The molecule has 0 spiro atoms. The van der Waals surface area contributed by atoms with Crippen LogP contribution in [0.5, 0.6) is 0 Å². The molecule has 1 rings (SSSR count). The molecular formula is C7H8ClF3N2. The Morgan fingerprint density at radius 2 is 2.00 bits per heavy atom. The molecule has 0 aliphatic carbocycles. The number of aromatic nitrogens is 1. The minimum Gasteiger partial charge on any atom is -0.326 e. The molecule has 1 aromatic heterocycles. The molecule has 0 saturated heterocycles. The van der Waals surface area contributed by atoms with E-state index in [2.05, 4.69) is 4.98 Å². The van der Waals surface area contributed by atoms with Crippen LogP contribution in [0.2, 0.25) is 0 Å². The third-order valence-corrected chi connectivity index (χ3v) is 1.35. The predicted molar refractivity (Wildman–Crippen MR) is 44.4 cm³/mol. The Labute approximate surface area is 79.4 Å². The van der Waals surface area contributed by atoms with Crippen LogP contribution >= 0.6 is 12.4 Å². The Morgan fingerprint density at radius 1 is 1.38 bits per heavy atom. The quantitative estimate of drug-likeness (QED) is 0.773. The first-order chi connectivity index (χ1) is 5.54. The number of alkyl halides is 3. The summed E-state index contributed by atoms with van der Waals surface area (Å²) in [5, 5.41) is 0. The largest absolute Gasteiger partial charge is 0.433 e. The maximum atomic E-state index is 12.0. The van der Waals surface area contributed by atoms with Crippen molar-refractivity contribution < 1.29 is 13.2 Å². The van der Waals surface area contributed by atoms with Crippen molar-refractivity contribution in [3.05, 3.63) is 29.6 Å². The van der Waals surface area contributed by atoms with Crippen molar-refractivity contribution in [2.75, 3.05) is 0 Å². The zero-order valence-corrected chi connectivity index (χ0v) is 7.32. The molecular weight excluding hydrogens is 205 g/mol. The van der Waals surface area contributed by atoms with Crippen LogP contribution in [-0.4, -0.2) is 4.98 Å². The third kappa shape index (κ3) is 3.20. The molecule has 0 aromatic carbocycles. The van der Waals surface area contributed by atoms with Gasteiger partial charge in [-0.3, -0.25) is 4.98 Å². The van der Waals surface area contributed by atoms with Gasteiger partial charge >= 0.3 is 6.18 Å². The van der Waals surface area contributed by atoms with Crippen molar-refractivity contribution in [3.63, 3.8) is 0 Å². The number of halogens is 4. The summed E-state index contributed by atoms with van der Waals surface area (Å²) in [7, 11) is 0. The van der Waals surface area contributed by atoms with E-state index in [9.17, 15) is 13.2 Å². The highest BCUT2D eigenvalue weighted by atomic mass is 35.5. The van der Waals surface area contributed by atoms with Gasteiger partial charge in [0.1, 0.15) is 5.69 Å². The first-order valence-corrected chi connectivity index (χ1v) is 3.26. The van der Waals surface area contributed by atoms with Gasteiger partial charge in [-0.25, -0.2) is 0 Å². The number of nitrogens with zero attached hydrogens (tertiary/aromatic N) is 1. The minimum atomic E-state index is -4.38. The summed E-state index contributed by atoms with van der Waals surface area (Å²) >= 11 is 0. The molecule has 1 aromatic rings. The molecule has 2 nitrogen and oxygen atoms in total. The Kier molecular flexibility index (Phi) is 4.16. The van der Waals surface area contributed by atoms with Gasteiger partial charge in [0.2, 0.25) is 0 Å². The van der Waals surface area contributed by atoms with Crippen LogP contribution in [0, 0.1) is 0 Å². The van der Waals surface area contributed by atoms with Gasteiger partial charge in [-0.15, -0.1) is 12.4 Å². The fourth-order valence-electron chi connectivity index (χ4n) is 0.756. The van der Waals surface area contributed by atoms with E-state index in [4.69, 9.17) is 5.73 Å². The van der Waals surface area contributed by atoms with Crippen LogP contribution in [0.4, 0.5) is 13.2 Å². The van der Waals surface area contributed by atoms with E-state index in [1.54, 1.807) is 0 Å². The van der Waals surface area contributed by atoms with Crippen LogP contribution < -0.4 is 5.73 Å². The van der Waals surface area contributed by atoms with Crippen molar-refractivity contribution in [1.82, 2.24) is 4.98 Å². The summed E-state index contributed by atoms with van der Waals surface area (Å²) in [6, 6.07) is 2.40. The molecule has 0 unspecified atom stereocenters. The van der Waals surface area contributed by atoms with Crippen LogP contribution in [0.25, 0.3) is 0 Å². The molecule has 0 fully saturated rings. The molecule has 74 valence electrons. The van der Waals surface area contributed by atoms with Gasteiger partial charge in [0.15, 0.2) is 0 Å². The number of pyridine rings is 1. The SMILES string of the molecule is Cl.NCc1ccnc(C(F)(F)F)c1. The van der Waals surface area contributed by atoms with Gasteiger partial charge in [-0.2, -0.15) is 13.2 Å². The van der Waals surface area contributed by atoms with Crippen molar-refractivity contribution in [2.24, 2.45) is 5.73 Å². The van der Waals surface area contributed by atoms with Crippen LogP contribution in [0.1, 0.15) is 11.3 Å². The second kappa shape index (κ2) is 4.43. The maximum absolute atomic E-state index is 12.0. The van der Waals surface area contributed by atoms with Crippen molar-refractivity contribution in [3.8, 4) is 0 Å². The van der Waals surface area contributed by atoms with Crippen LogP contribution in [-0.2, 0) is 12.7 Å². The highest BCUT2D eigenvalue weighted by molar-refractivity contribution is 5.85. The predicted octanol–water partition coefficient (Wildman–Crippen LogP) is 1.98. The Bertz CT molecular complexity index is 275. The molecule has 6 heteroatoms. The average molecular weight is 213 g/mol. The number of nitrogens with two attached hydrogens (primary N) is 1. The highest BCUT2D eigenvalue weighted by Gasteiger charge is 2.32. The standard InChI is InChI=1S/C7H7F3N2.ClH/c8-7(9,10)6-3-5(4-11)1-2-12-6;/h1-3H,4,11H2;1H. The molecule has 0 bridgehead atoms. The van der Waals surface area contributed by atoms with Gasteiger partial charge in [0, 0.05) is 12.7 Å². The number of rotatable bonds is 1. The molecule has 1 heterocycles. The summed E-state index contributed by atoms with van der Waals surface area (Å²) < 4.78 is 36.0. The Hall–Kier alpha value is -0.810. The van der Waals surface area contributed by atoms with E-state index in [1.807, 2.05) is 0 Å². The van der Waals surface area contributed by atoms with Crippen molar-refractivity contribution >= 4 is 12.4 Å². The molecule has 0 amide bonds. The first kappa shape index (κ1) is 12.2. The van der Waals surface area contributed by atoms with Gasteiger partial charge in [-0.1, -0.05) is 0 Å². The molecule has 2 N–H and O–H groups in total. The summed E-state index contributed by atoms with van der Waals surface area (Å²) in [6.45, 7) is 0.0889. The van der Waals surface area contributed by atoms with Gasteiger partial charge < -0.3 is 5.73 Å². The van der Waals surface area contributed by atoms with E-state index in [-0.39, 0.29) is 19.0 Å². The lowest BCUT2D eigenvalue weighted by Gasteiger charge is -2.05. The van der Waals surface area contributed by atoms with E-state index < -0.39 is 11.9 Å². The number of hydrogen-bond donors (Lipinski definition) is 1.